The van der Waals surface area contributed by atoms with Gasteiger partial charge in [-0.3, -0.25) is 10.1 Å². The van der Waals surface area contributed by atoms with Gasteiger partial charge in [0.15, 0.2) is 0 Å². The molecule has 2 rings (SSSR count). The number of nitro benzene ring substituents is 1. The van der Waals surface area contributed by atoms with Gasteiger partial charge in [-0.25, -0.2) is 0 Å². The Bertz CT molecular complexity index is 656. The van der Waals surface area contributed by atoms with Gasteiger partial charge in [-0.1, -0.05) is 23.8 Å². The molecule has 0 atom stereocenters. The minimum absolute atomic E-state index is 0.0714. The van der Waals surface area contributed by atoms with Crippen LogP contribution in [0.25, 0.3) is 0 Å². The van der Waals surface area contributed by atoms with Crippen molar-refractivity contribution in [1.29, 1.82) is 0 Å². The number of benzene rings is 2. The van der Waals surface area contributed by atoms with E-state index in [0.29, 0.717) is 11.0 Å². The Morgan fingerprint density at radius 2 is 1.95 bits per heavy atom. The average Bonchev–Trinajstić information content (AvgIpc) is 2.37. The maximum absolute atomic E-state index is 10.7. The fourth-order valence-corrected chi connectivity index (χ4v) is 2.53. The summed E-state index contributed by atoms with van der Waals surface area (Å²) in [6.45, 7) is 4.84. The minimum atomic E-state index is -0.405. The zero-order valence-electron chi connectivity index (χ0n) is 11.3. The van der Waals surface area contributed by atoms with Crippen LogP contribution in [-0.2, 0) is 6.54 Å². The van der Waals surface area contributed by atoms with Crippen molar-refractivity contribution in [3.8, 4) is 0 Å². The van der Waals surface area contributed by atoms with E-state index in [1.165, 1.54) is 22.8 Å². The molecule has 0 radical (unpaired) electrons. The summed E-state index contributed by atoms with van der Waals surface area (Å²) < 4.78 is 0.480. The van der Waals surface area contributed by atoms with Gasteiger partial charge in [-0.2, -0.15) is 0 Å². The van der Waals surface area contributed by atoms with E-state index < -0.39 is 4.92 Å². The number of nitrogens with one attached hydrogen (secondary N) is 1. The molecule has 0 saturated carbocycles. The first kappa shape index (κ1) is 14.5. The largest absolute Gasteiger partial charge is 0.381 e. The number of aryl methyl sites for hydroxylation is 2. The van der Waals surface area contributed by atoms with E-state index in [1.54, 1.807) is 12.1 Å². The lowest BCUT2D eigenvalue weighted by Gasteiger charge is -2.10. The van der Waals surface area contributed by atoms with Crippen molar-refractivity contribution >= 4 is 27.3 Å². The lowest BCUT2D eigenvalue weighted by atomic mass is 10.1. The first-order chi connectivity index (χ1) is 9.47. The van der Waals surface area contributed by atoms with Crippen LogP contribution >= 0.6 is 15.9 Å². The number of rotatable bonds is 4. The molecule has 1 N–H and O–H groups in total. The Morgan fingerprint density at radius 1 is 1.20 bits per heavy atom. The SMILES string of the molecule is Cc1ccc(CNc2ccc([N+](=O)[O-])c(Br)c2)c(C)c1. The molecule has 2 aromatic carbocycles. The van der Waals surface area contributed by atoms with E-state index in [4.69, 9.17) is 0 Å². The lowest BCUT2D eigenvalue weighted by molar-refractivity contribution is -0.385. The van der Waals surface area contributed by atoms with Gasteiger partial charge in [0.05, 0.1) is 9.40 Å². The van der Waals surface area contributed by atoms with E-state index in [2.05, 4.69) is 53.3 Å². The van der Waals surface area contributed by atoms with E-state index >= 15 is 0 Å². The van der Waals surface area contributed by atoms with Crippen molar-refractivity contribution in [2.45, 2.75) is 20.4 Å². The molecule has 2 aromatic rings. The molecular weight excluding hydrogens is 320 g/mol. The van der Waals surface area contributed by atoms with Crippen molar-refractivity contribution in [2.24, 2.45) is 0 Å². The van der Waals surface area contributed by atoms with Gasteiger partial charge in [-0.05, 0) is 53.0 Å². The molecule has 0 aliphatic heterocycles. The monoisotopic (exact) mass is 334 g/mol. The second-order valence-electron chi connectivity index (χ2n) is 4.71. The van der Waals surface area contributed by atoms with Gasteiger partial charge in [0, 0.05) is 18.3 Å². The Labute approximate surface area is 126 Å². The van der Waals surface area contributed by atoms with Gasteiger partial charge < -0.3 is 5.32 Å². The molecule has 20 heavy (non-hydrogen) atoms. The third kappa shape index (κ3) is 3.36. The second-order valence-corrected chi connectivity index (χ2v) is 5.56. The Hall–Kier alpha value is -1.88. The molecule has 104 valence electrons. The summed E-state index contributed by atoms with van der Waals surface area (Å²) in [6.07, 6.45) is 0. The normalized spacial score (nSPS) is 10.3. The maximum atomic E-state index is 10.7. The van der Waals surface area contributed by atoms with Crippen LogP contribution in [0.2, 0.25) is 0 Å². The van der Waals surface area contributed by atoms with Crippen LogP contribution in [0, 0.1) is 24.0 Å². The summed E-state index contributed by atoms with van der Waals surface area (Å²) in [5, 5.41) is 14.0. The molecule has 4 nitrogen and oxygen atoms in total. The first-order valence-electron chi connectivity index (χ1n) is 6.21. The Morgan fingerprint density at radius 3 is 2.55 bits per heavy atom. The number of nitrogens with zero attached hydrogens (tertiary/aromatic N) is 1. The fraction of sp³-hybridized carbons (Fsp3) is 0.200. The van der Waals surface area contributed by atoms with Crippen molar-refractivity contribution < 1.29 is 4.92 Å². The third-order valence-corrected chi connectivity index (χ3v) is 3.76. The zero-order chi connectivity index (χ0) is 14.7. The Balaban J connectivity index is 2.11. The van der Waals surface area contributed by atoms with Crippen LogP contribution in [0.5, 0.6) is 0 Å². The highest BCUT2D eigenvalue weighted by Gasteiger charge is 2.11. The highest BCUT2D eigenvalue weighted by Crippen LogP contribution is 2.28. The number of anilines is 1. The quantitative estimate of drug-likeness (QED) is 0.657. The summed E-state index contributed by atoms with van der Waals surface area (Å²) in [5.41, 5.74) is 4.61. The topological polar surface area (TPSA) is 55.2 Å². The summed E-state index contributed by atoms with van der Waals surface area (Å²) in [7, 11) is 0. The molecule has 0 heterocycles. The molecule has 0 saturated heterocycles. The predicted octanol–water partition coefficient (Wildman–Crippen LogP) is 4.59. The second kappa shape index (κ2) is 6.05. The van der Waals surface area contributed by atoms with Gasteiger partial charge in [0.2, 0.25) is 0 Å². The maximum Gasteiger partial charge on any atom is 0.283 e. The average molecular weight is 335 g/mol. The van der Waals surface area contributed by atoms with E-state index in [9.17, 15) is 10.1 Å². The van der Waals surface area contributed by atoms with Crippen molar-refractivity contribution in [2.75, 3.05) is 5.32 Å². The minimum Gasteiger partial charge on any atom is -0.381 e. The summed E-state index contributed by atoms with van der Waals surface area (Å²) >= 11 is 3.22. The van der Waals surface area contributed by atoms with E-state index in [1.807, 2.05) is 0 Å². The fourth-order valence-electron chi connectivity index (χ4n) is 2.01. The van der Waals surface area contributed by atoms with Gasteiger partial charge in [0.1, 0.15) is 0 Å². The number of hydrogen-bond donors (Lipinski definition) is 1. The van der Waals surface area contributed by atoms with Crippen LogP contribution in [0.4, 0.5) is 11.4 Å². The number of halogens is 1. The third-order valence-electron chi connectivity index (χ3n) is 3.13. The standard InChI is InChI=1S/C15H15BrN2O2/c1-10-3-4-12(11(2)7-10)9-17-13-5-6-15(18(19)20)14(16)8-13/h3-8,17H,9H2,1-2H3. The molecular formula is C15H15BrN2O2. The summed E-state index contributed by atoms with van der Waals surface area (Å²) in [4.78, 5) is 10.3. The van der Waals surface area contributed by atoms with Crippen LogP contribution in [-0.4, -0.2) is 4.92 Å². The molecule has 0 aliphatic rings. The van der Waals surface area contributed by atoms with Crippen molar-refractivity contribution in [3.63, 3.8) is 0 Å². The van der Waals surface area contributed by atoms with E-state index in [0.717, 1.165) is 5.69 Å². The molecule has 0 amide bonds. The molecule has 0 aliphatic carbocycles. The molecule has 0 fully saturated rings. The Kier molecular flexibility index (Phi) is 4.39. The van der Waals surface area contributed by atoms with Crippen molar-refractivity contribution in [1.82, 2.24) is 0 Å². The highest BCUT2D eigenvalue weighted by molar-refractivity contribution is 9.10. The van der Waals surface area contributed by atoms with Crippen LogP contribution < -0.4 is 5.32 Å². The molecule has 0 unspecified atom stereocenters. The zero-order valence-corrected chi connectivity index (χ0v) is 12.9. The summed E-state index contributed by atoms with van der Waals surface area (Å²) in [6, 6.07) is 11.2. The van der Waals surface area contributed by atoms with Crippen LogP contribution in [0.15, 0.2) is 40.9 Å². The molecule has 0 bridgehead atoms. The predicted molar refractivity (Wildman–Crippen MR) is 84.0 cm³/mol. The number of nitro groups is 1. The lowest BCUT2D eigenvalue weighted by Crippen LogP contribution is -2.02. The van der Waals surface area contributed by atoms with Crippen molar-refractivity contribution in [3.05, 3.63) is 67.7 Å². The van der Waals surface area contributed by atoms with Crippen LogP contribution in [0.1, 0.15) is 16.7 Å². The van der Waals surface area contributed by atoms with Gasteiger partial charge in [0.25, 0.3) is 5.69 Å². The smallest absolute Gasteiger partial charge is 0.283 e. The molecule has 5 heteroatoms. The number of hydrogen-bond acceptors (Lipinski definition) is 3. The van der Waals surface area contributed by atoms with Gasteiger partial charge in [-0.15, -0.1) is 0 Å². The molecule has 0 spiro atoms. The first-order valence-corrected chi connectivity index (χ1v) is 7.00. The van der Waals surface area contributed by atoms with Crippen LogP contribution in [0.3, 0.4) is 0 Å². The van der Waals surface area contributed by atoms with E-state index in [-0.39, 0.29) is 5.69 Å². The summed E-state index contributed by atoms with van der Waals surface area (Å²) in [5.74, 6) is 0. The van der Waals surface area contributed by atoms with Gasteiger partial charge >= 0.3 is 0 Å². The molecule has 0 aromatic heterocycles. The highest BCUT2D eigenvalue weighted by atomic mass is 79.9.